The number of carbonyl (C=O) groups is 1. The number of hydrogen-bond donors (Lipinski definition) is 0. The summed E-state index contributed by atoms with van der Waals surface area (Å²) in [6.45, 7) is 4.44. The molecule has 1 aliphatic rings. The maximum atomic E-state index is 13.4. The Morgan fingerprint density at radius 2 is 1.93 bits per heavy atom. The minimum atomic E-state index is -0.312. The van der Waals surface area contributed by atoms with Crippen LogP contribution >= 0.6 is 0 Å². The molecule has 2 aromatic carbocycles. The summed E-state index contributed by atoms with van der Waals surface area (Å²) in [6, 6.07) is 12.3. The van der Waals surface area contributed by atoms with Gasteiger partial charge in [-0.15, -0.1) is 0 Å². The van der Waals surface area contributed by atoms with Crippen molar-refractivity contribution in [3.63, 3.8) is 0 Å². The normalized spacial score (nSPS) is 14.4. The van der Waals surface area contributed by atoms with E-state index in [1.54, 1.807) is 31.4 Å². The third kappa shape index (κ3) is 5.85. The summed E-state index contributed by atoms with van der Waals surface area (Å²) >= 11 is 0. The van der Waals surface area contributed by atoms with Gasteiger partial charge < -0.3 is 14.4 Å². The fraction of sp³-hybridized carbons (Fsp3) is 0.400. The Hall–Kier alpha value is -2.82. The molecule has 1 aliphatic carbocycles. The lowest BCUT2D eigenvalue weighted by atomic mass is 10.1. The van der Waals surface area contributed by atoms with Crippen molar-refractivity contribution in [1.82, 2.24) is 4.90 Å². The molecule has 30 heavy (non-hydrogen) atoms. The lowest BCUT2D eigenvalue weighted by molar-refractivity contribution is -0.128. The van der Waals surface area contributed by atoms with Crippen LogP contribution in [0.25, 0.3) is 6.08 Å². The first kappa shape index (κ1) is 21.9. The number of hydrogen-bond acceptors (Lipinski definition) is 3. The second-order valence-electron chi connectivity index (χ2n) is 7.94. The lowest BCUT2D eigenvalue weighted by Gasteiger charge is -2.28. The number of rotatable bonds is 8. The Morgan fingerprint density at radius 1 is 1.17 bits per heavy atom. The van der Waals surface area contributed by atoms with Gasteiger partial charge in [0.2, 0.25) is 5.91 Å². The molecule has 0 unspecified atom stereocenters. The van der Waals surface area contributed by atoms with Crippen LogP contribution in [0.2, 0.25) is 0 Å². The maximum absolute atomic E-state index is 13.4. The molecule has 0 bridgehead atoms. The van der Waals surface area contributed by atoms with E-state index >= 15 is 0 Å². The van der Waals surface area contributed by atoms with Gasteiger partial charge in [0.25, 0.3) is 0 Å². The highest BCUT2D eigenvalue weighted by Gasteiger charge is 2.26. The van der Waals surface area contributed by atoms with Crippen LogP contribution < -0.4 is 9.47 Å². The topological polar surface area (TPSA) is 38.8 Å². The Kier molecular flexibility index (Phi) is 7.50. The van der Waals surface area contributed by atoms with Crippen LogP contribution in [0.1, 0.15) is 50.7 Å². The van der Waals surface area contributed by atoms with Crippen LogP contribution in [0.15, 0.2) is 48.5 Å². The van der Waals surface area contributed by atoms with Crippen molar-refractivity contribution in [3.05, 3.63) is 65.5 Å². The van der Waals surface area contributed by atoms with Crippen molar-refractivity contribution < 1.29 is 18.7 Å². The van der Waals surface area contributed by atoms with Gasteiger partial charge in [-0.2, -0.15) is 0 Å². The van der Waals surface area contributed by atoms with Gasteiger partial charge in [-0.3, -0.25) is 4.79 Å². The Labute approximate surface area is 178 Å². The summed E-state index contributed by atoms with van der Waals surface area (Å²) in [6.07, 6.45) is 7.52. The number of carbonyl (C=O) groups excluding carboxylic acids is 1. The van der Waals surface area contributed by atoms with E-state index in [-0.39, 0.29) is 23.9 Å². The van der Waals surface area contributed by atoms with Crippen molar-refractivity contribution >= 4 is 12.0 Å². The Morgan fingerprint density at radius 3 is 2.60 bits per heavy atom. The molecule has 0 atom stereocenters. The van der Waals surface area contributed by atoms with E-state index in [1.165, 1.54) is 12.1 Å². The second kappa shape index (κ2) is 10.3. The first-order valence-corrected chi connectivity index (χ1v) is 10.5. The number of halogens is 1. The van der Waals surface area contributed by atoms with Gasteiger partial charge in [0.15, 0.2) is 11.5 Å². The Bertz CT molecular complexity index is 888. The highest BCUT2D eigenvalue weighted by atomic mass is 19.1. The molecule has 0 aromatic heterocycles. The van der Waals surface area contributed by atoms with Gasteiger partial charge in [-0.1, -0.05) is 31.0 Å². The number of amides is 1. The van der Waals surface area contributed by atoms with Crippen LogP contribution in [0, 0.1) is 5.82 Å². The molecular weight excluding hydrogens is 381 g/mol. The standard InChI is InChI=1S/C25H30FNO3/c1-18(2)30-24-16-20(11-13-23(24)29-3)17-27(22-9-4-5-10-22)25(28)14-12-19-7-6-8-21(26)15-19/h6-8,11-16,18,22H,4-5,9-10,17H2,1-3H3/b14-12+. The van der Waals surface area contributed by atoms with Crippen LogP contribution in [-0.4, -0.2) is 30.1 Å². The minimum absolute atomic E-state index is 0.0240. The molecule has 5 heteroatoms. The summed E-state index contributed by atoms with van der Waals surface area (Å²) in [5, 5.41) is 0. The first-order valence-electron chi connectivity index (χ1n) is 10.5. The summed E-state index contributed by atoms with van der Waals surface area (Å²) < 4.78 is 24.7. The maximum Gasteiger partial charge on any atom is 0.247 e. The van der Waals surface area contributed by atoms with Crippen LogP contribution in [0.5, 0.6) is 11.5 Å². The lowest BCUT2D eigenvalue weighted by Crippen LogP contribution is -2.37. The minimum Gasteiger partial charge on any atom is -0.493 e. The second-order valence-corrected chi connectivity index (χ2v) is 7.94. The largest absolute Gasteiger partial charge is 0.493 e. The fourth-order valence-electron chi connectivity index (χ4n) is 3.84. The van der Waals surface area contributed by atoms with Crippen LogP contribution in [0.4, 0.5) is 4.39 Å². The number of ether oxygens (including phenoxy) is 2. The average Bonchev–Trinajstić information content (AvgIpc) is 3.24. The molecule has 0 spiro atoms. The van der Waals surface area contributed by atoms with Gasteiger partial charge in [-0.25, -0.2) is 4.39 Å². The zero-order valence-corrected chi connectivity index (χ0v) is 17.9. The molecule has 0 heterocycles. The molecule has 2 aromatic rings. The monoisotopic (exact) mass is 411 g/mol. The zero-order valence-electron chi connectivity index (χ0n) is 17.9. The van der Waals surface area contributed by atoms with Crippen molar-refractivity contribution in [2.75, 3.05) is 7.11 Å². The molecule has 0 aliphatic heterocycles. The number of methoxy groups -OCH3 is 1. The third-order valence-electron chi connectivity index (χ3n) is 5.26. The molecule has 160 valence electrons. The highest BCUT2D eigenvalue weighted by Crippen LogP contribution is 2.31. The van der Waals surface area contributed by atoms with Gasteiger partial charge >= 0.3 is 0 Å². The molecular formula is C25H30FNO3. The molecule has 0 N–H and O–H groups in total. The van der Waals surface area contributed by atoms with Crippen LogP contribution in [0.3, 0.4) is 0 Å². The van der Waals surface area contributed by atoms with Gasteiger partial charge in [0, 0.05) is 18.7 Å². The zero-order chi connectivity index (χ0) is 21.5. The first-order chi connectivity index (χ1) is 14.5. The van der Waals surface area contributed by atoms with E-state index in [1.807, 2.05) is 36.9 Å². The molecule has 3 rings (SSSR count). The fourth-order valence-corrected chi connectivity index (χ4v) is 3.84. The van der Waals surface area contributed by atoms with Gasteiger partial charge in [0.05, 0.1) is 13.2 Å². The molecule has 1 amide bonds. The summed E-state index contributed by atoms with van der Waals surface area (Å²) in [4.78, 5) is 15.0. The smallest absolute Gasteiger partial charge is 0.247 e. The van der Waals surface area contributed by atoms with Crippen LogP contribution in [-0.2, 0) is 11.3 Å². The van der Waals surface area contributed by atoms with Crippen molar-refractivity contribution in [1.29, 1.82) is 0 Å². The van der Waals surface area contributed by atoms with E-state index in [2.05, 4.69) is 0 Å². The number of benzene rings is 2. The SMILES string of the molecule is COc1ccc(CN(C(=O)/C=C/c2cccc(F)c2)C2CCCC2)cc1OC(C)C. The summed E-state index contributed by atoms with van der Waals surface area (Å²) in [7, 11) is 1.62. The molecule has 0 radical (unpaired) electrons. The predicted octanol–water partition coefficient (Wildman–Crippen LogP) is 5.61. The average molecular weight is 412 g/mol. The summed E-state index contributed by atoms with van der Waals surface area (Å²) in [5.74, 6) is 0.984. The van der Waals surface area contributed by atoms with Crippen molar-refractivity contribution in [2.24, 2.45) is 0 Å². The predicted molar refractivity (Wildman–Crippen MR) is 117 cm³/mol. The van der Waals surface area contributed by atoms with Gasteiger partial charge in [-0.05, 0) is 68.2 Å². The van der Waals surface area contributed by atoms with E-state index in [0.717, 1.165) is 31.2 Å². The van der Waals surface area contributed by atoms with E-state index in [4.69, 9.17) is 9.47 Å². The van der Waals surface area contributed by atoms with Gasteiger partial charge in [0.1, 0.15) is 5.82 Å². The van der Waals surface area contributed by atoms with E-state index in [0.29, 0.717) is 23.6 Å². The van der Waals surface area contributed by atoms with E-state index in [9.17, 15) is 9.18 Å². The highest BCUT2D eigenvalue weighted by molar-refractivity contribution is 5.92. The third-order valence-corrected chi connectivity index (χ3v) is 5.26. The quantitative estimate of drug-likeness (QED) is 0.530. The summed E-state index contributed by atoms with van der Waals surface area (Å²) in [5.41, 5.74) is 1.66. The van der Waals surface area contributed by atoms with Crippen molar-refractivity contribution in [2.45, 2.75) is 58.2 Å². The van der Waals surface area contributed by atoms with Crippen molar-refractivity contribution in [3.8, 4) is 11.5 Å². The number of nitrogens with zero attached hydrogens (tertiary/aromatic N) is 1. The molecule has 1 saturated carbocycles. The molecule has 0 saturated heterocycles. The van der Waals surface area contributed by atoms with E-state index < -0.39 is 0 Å². The molecule has 1 fully saturated rings. The Balaban J connectivity index is 1.81. The molecule has 4 nitrogen and oxygen atoms in total.